The van der Waals surface area contributed by atoms with Gasteiger partial charge in [-0.2, -0.15) is 0 Å². The zero-order chi connectivity index (χ0) is 21.1. The van der Waals surface area contributed by atoms with Gasteiger partial charge in [0.1, 0.15) is 6.10 Å². The second-order valence-corrected chi connectivity index (χ2v) is 6.90. The van der Waals surface area contributed by atoms with Crippen molar-refractivity contribution >= 4 is 28.8 Å². The van der Waals surface area contributed by atoms with Crippen LogP contribution in [0.5, 0.6) is 0 Å². The molecule has 8 nitrogen and oxygen atoms in total. The van der Waals surface area contributed by atoms with Crippen LogP contribution in [0.15, 0.2) is 36.5 Å². The first-order valence-corrected chi connectivity index (χ1v) is 9.28. The third kappa shape index (κ3) is 4.54. The monoisotopic (exact) mass is 401 g/mol. The molecule has 0 radical (unpaired) electrons. The second-order valence-electron chi connectivity index (χ2n) is 6.90. The Hall–Kier alpha value is -3.00. The molecule has 2 heterocycles. The van der Waals surface area contributed by atoms with Gasteiger partial charge in [-0.15, -0.1) is 0 Å². The van der Waals surface area contributed by atoms with E-state index < -0.39 is 48.4 Å². The molecule has 0 N–H and O–H groups in total. The molecule has 1 saturated heterocycles. The Bertz CT molecular complexity index is 923. The number of hydrogen-bond acceptors (Lipinski definition) is 8. The zero-order valence-electron chi connectivity index (χ0n) is 16.7. The van der Waals surface area contributed by atoms with Crippen molar-refractivity contribution in [2.75, 3.05) is 0 Å². The number of aromatic nitrogens is 1. The summed E-state index contributed by atoms with van der Waals surface area (Å²) in [6.07, 6.45) is -2.70. The molecule has 0 amide bonds. The first-order chi connectivity index (χ1) is 13.8. The number of benzene rings is 1. The largest absolute Gasteiger partial charge is 0.456 e. The average Bonchev–Trinajstić information content (AvgIpc) is 2.65. The molecule has 8 heteroatoms. The van der Waals surface area contributed by atoms with E-state index in [1.54, 1.807) is 19.2 Å². The lowest BCUT2D eigenvalue weighted by molar-refractivity contribution is -0.245. The van der Waals surface area contributed by atoms with E-state index in [4.69, 9.17) is 18.9 Å². The first kappa shape index (κ1) is 20.7. The van der Waals surface area contributed by atoms with Crippen LogP contribution in [0.4, 0.5) is 0 Å². The van der Waals surface area contributed by atoms with Gasteiger partial charge in [0.2, 0.25) is 0 Å². The smallest absolute Gasteiger partial charge is 0.303 e. The Morgan fingerprint density at radius 3 is 2.10 bits per heavy atom. The van der Waals surface area contributed by atoms with E-state index in [0.717, 1.165) is 16.5 Å². The fourth-order valence-corrected chi connectivity index (χ4v) is 3.63. The van der Waals surface area contributed by atoms with Crippen LogP contribution in [0.3, 0.4) is 0 Å². The molecule has 1 aromatic heterocycles. The highest BCUT2D eigenvalue weighted by Crippen LogP contribution is 2.39. The Morgan fingerprint density at radius 2 is 1.45 bits per heavy atom. The average molecular weight is 401 g/mol. The van der Waals surface area contributed by atoms with Crippen LogP contribution in [0, 0.1) is 0 Å². The summed E-state index contributed by atoms with van der Waals surface area (Å²) < 4.78 is 22.5. The van der Waals surface area contributed by atoms with Crippen LogP contribution in [0.1, 0.15) is 39.4 Å². The van der Waals surface area contributed by atoms with E-state index in [1.807, 2.05) is 24.3 Å². The van der Waals surface area contributed by atoms with Gasteiger partial charge >= 0.3 is 17.9 Å². The fraction of sp³-hybridized carbons (Fsp3) is 0.429. The van der Waals surface area contributed by atoms with Crippen LogP contribution in [-0.2, 0) is 33.3 Å². The standard InChI is InChI=1S/C21H23NO7/c1-11-18(27-12(2)23)20(28-13(3)24)21(29-14(4)25)19(26-11)16-9-10-22-17-8-6-5-7-15(16)17/h5-11,18-21H,1-4H3/t11-,18+,19?,20+,21+/m1/s1. The predicted octanol–water partition coefficient (Wildman–Crippen LogP) is 2.49. The summed E-state index contributed by atoms with van der Waals surface area (Å²) in [5.41, 5.74) is 1.47. The molecule has 154 valence electrons. The minimum Gasteiger partial charge on any atom is -0.456 e. The predicted molar refractivity (Wildman–Crippen MR) is 102 cm³/mol. The van der Waals surface area contributed by atoms with Gasteiger partial charge in [0.05, 0.1) is 11.6 Å². The van der Waals surface area contributed by atoms with Crippen molar-refractivity contribution in [1.82, 2.24) is 4.98 Å². The summed E-state index contributed by atoms with van der Waals surface area (Å²) in [4.78, 5) is 39.6. The Morgan fingerprint density at radius 1 is 0.862 bits per heavy atom. The van der Waals surface area contributed by atoms with Crippen molar-refractivity contribution in [3.63, 3.8) is 0 Å². The number of hydrogen-bond donors (Lipinski definition) is 0. The van der Waals surface area contributed by atoms with Gasteiger partial charge < -0.3 is 18.9 Å². The van der Waals surface area contributed by atoms with Crippen molar-refractivity contribution < 1.29 is 33.3 Å². The molecular weight excluding hydrogens is 378 g/mol. The zero-order valence-corrected chi connectivity index (χ0v) is 16.7. The number of fused-ring (bicyclic) bond motifs is 1. The van der Waals surface area contributed by atoms with Crippen molar-refractivity contribution in [2.45, 2.75) is 58.2 Å². The molecule has 29 heavy (non-hydrogen) atoms. The maximum atomic E-state index is 11.9. The number of para-hydroxylation sites is 1. The SMILES string of the molecule is CC(=O)O[C@@H]1[C@H](OC(C)=O)[C@@H](OC(C)=O)C(c2ccnc3ccccc23)O[C@@H]1C. The maximum Gasteiger partial charge on any atom is 0.303 e. The first-order valence-electron chi connectivity index (χ1n) is 9.28. The van der Waals surface area contributed by atoms with Crippen LogP contribution >= 0.6 is 0 Å². The number of ether oxygens (including phenoxy) is 4. The number of rotatable bonds is 4. The summed E-state index contributed by atoms with van der Waals surface area (Å²) >= 11 is 0. The van der Waals surface area contributed by atoms with E-state index in [2.05, 4.69) is 4.98 Å². The summed E-state index contributed by atoms with van der Waals surface area (Å²) in [5, 5.41) is 0.817. The molecule has 2 aromatic rings. The molecule has 0 saturated carbocycles. The summed E-state index contributed by atoms with van der Waals surface area (Å²) in [7, 11) is 0. The number of carbonyl (C=O) groups excluding carboxylic acids is 3. The van der Waals surface area contributed by atoms with Crippen LogP contribution in [0.25, 0.3) is 10.9 Å². The summed E-state index contributed by atoms with van der Waals surface area (Å²) in [5.74, 6) is -1.72. The Balaban J connectivity index is 2.10. The fourth-order valence-electron chi connectivity index (χ4n) is 3.63. The van der Waals surface area contributed by atoms with Crippen molar-refractivity contribution in [1.29, 1.82) is 0 Å². The molecule has 0 bridgehead atoms. The molecule has 1 aliphatic rings. The summed E-state index contributed by atoms with van der Waals surface area (Å²) in [6, 6.07) is 9.25. The van der Waals surface area contributed by atoms with Crippen LogP contribution in [0.2, 0.25) is 0 Å². The van der Waals surface area contributed by atoms with E-state index in [0.29, 0.717) is 0 Å². The van der Waals surface area contributed by atoms with Crippen LogP contribution < -0.4 is 0 Å². The molecule has 1 aromatic carbocycles. The van der Waals surface area contributed by atoms with E-state index in [1.165, 1.54) is 20.8 Å². The highest BCUT2D eigenvalue weighted by Gasteiger charge is 2.51. The van der Waals surface area contributed by atoms with Gasteiger partial charge in [0.25, 0.3) is 0 Å². The minimum atomic E-state index is -1.03. The molecule has 3 rings (SSSR count). The highest BCUT2D eigenvalue weighted by atomic mass is 16.6. The van der Waals surface area contributed by atoms with Gasteiger partial charge in [0.15, 0.2) is 18.3 Å². The molecule has 5 atom stereocenters. The second kappa shape index (κ2) is 8.57. The highest BCUT2D eigenvalue weighted by molar-refractivity contribution is 5.82. The van der Waals surface area contributed by atoms with E-state index in [9.17, 15) is 14.4 Å². The molecule has 0 aliphatic carbocycles. The Labute approximate surface area is 168 Å². The minimum absolute atomic E-state index is 0.558. The molecule has 1 fully saturated rings. The molecule has 1 aliphatic heterocycles. The number of esters is 3. The number of nitrogens with zero attached hydrogens (tertiary/aromatic N) is 1. The lowest BCUT2D eigenvalue weighted by Crippen LogP contribution is -2.57. The third-order valence-corrected chi connectivity index (χ3v) is 4.67. The molecule has 0 spiro atoms. The van der Waals surface area contributed by atoms with Gasteiger partial charge in [0, 0.05) is 32.4 Å². The number of pyridine rings is 1. The van der Waals surface area contributed by atoms with Crippen LogP contribution in [-0.4, -0.2) is 47.3 Å². The van der Waals surface area contributed by atoms with E-state index >= 15 is 0 Å². The van der Waals surface area contributed by atoms with Gasteiger partial charge in [-0.3, -0.25) is 19.4 Å². The van der Waals surface area contributed by atoms with Crippen molar-refractivity contribution in [2.24, 2.45) is 0 Å². The lowest BCUT2D eigenvalue weighted by Gasteiger charge is -2.44. The molecule has 1 unspecified atom stereocenters. The lowest BCUT2D eigenvalue weighted by atomic mass is 9.89. The molecular formula is C21H23NO7. The van der Waals surface area contributed by atoms with Crippen molar-refractivity contribution in [3.05, 3.63) is 42.1 Å². The third-order valence-electron chi connectivity index (χ3n) is 4.67. The van der Waals surface area contributed by atoms with Gasteiger partial charge in [-0.1, -0.05) is 18.2 Å². The quantitative estimate of drug-likeness (QED) is 0.569. The normalized spacial score (nSPS) is 26.6. The van der Waals surface area contributed by atoms with Gasteiger partial charge in [-0.25, -0.2) is 0 Å². The van der Waals surface area contributed by atoms with Crippen molar-refractivity contribution in [3.8, 4) is 0 Å². The number of carbonyl (C=O) groups is 3. The van der Waals surface area contributed by atoms with E-state index in [-0.39, 0.29) is 0 Å². The topological polar surface area (TPSA) is 101 Å². The summed E-state index contributed by atoms with van der Waals surface area (Å²) in [6.45, 7) is 5.46. The van der Waals surface area contributed by atoms with Gasteiger partial charge in [-0.05, 0) is 24.6 Å². The maximum absolute atomic E-state index is 11.9. The Kier molecular flexibility index (Phi) is 6.12.